The predicted molar refractivity (Wildman–Crippen MR) is 71.7 cm³/mol. The van der Waals surface area contributed by atoms with Crippen LogP contribution in [0.5, 0.6) is 0 Å². The van der Waals surface area contributed by atoms with Gasteiger partial charge in [-0.15, -0.1) is 0 Å². The van der Waals surface area contributed by atoms with Gasteiger partial charge in [-0.1, -0.05) is 20.8 Å². The Bertz CT molecular complexity index is 211. The lowest BCUT2D eigenvalue weighted by molar-refractivity contribution is 0.146. The van der Waals surface area contributed by atoms with Crippen molar-refractivity contribution in [3.8, 4) is 0 Å². The molecule has 16 heavy (non-hydrogen) atoms. The maximum Gasteiger partial charge on any atom is 0.0186 e. The third-order valence-corrected chi connectivity index (χ3v) is 3.97. The second-order valence-electron chi connectivity index (χ2n) is 6.83. The predicted octanol–water partition coefficient (Wildman–Crippen LogP) is 2.74. The SMILES string of the molecule is CC1CC(NCC(C)N(C)C)CC(C)(C)C1. The van der Waals surface area contributed by atoms with Crippen molar-refractivity contribution in [3.63, 3.8) is 0 Å². The van der Waals surface area contributed by atoms with Crippen molar-refractivity contribution in [1.29, 1.82) is 0 Å². The van der Waals surface area contributed by atoms with E-state index in [0.717, 1.165) is 18.5 Å². The van der Waals surface area contributed by atoms with Crippen LogP contribution < -0.4 is 5.32 Å². The normalized spacial score (nSPS) is 31.7. The molecule has 1 fully saturated rings. The maximum absolute atomic E-state index is 3.75. The van der Waals surface area contributed by atoms with Gasteiger partial charge in [0.05, 0.1) is 0 Å². The lowest BCUT2D eigenvalue weighted by Gasteiger charge is -2.40. The summed E-state index contributed by atoms with van der Waals surface area (Å²) >= 11 is 0. The van der Waals surface area contributed by atoms with Gasteiger partial charge in [0, 0.05) is 18.6 Å². The topological polar surface area (TPSA) is 15.3 Å². The average Bonchev–Trinajstić information content (AvgIpc) is 2.10. The number of nitrogens with zero attached hydrogens (tertiary/aromatic N) is 1. The zero-order valence-corrected chi connectivity index (χ0v) is 12.0. The van der Waals surface area contributed by atoms with Gasteiger partial charge in [0.25, 0.3) is 0 Å². The molecule has 1 N–H and O–H groups in total. The molecule has 2 nitrogen and oxygen atoms in total. The van der Waals surface area contributed by atoms with Gasteiger partial charge in [-0.3, -0.25) is 0 Å². The quantitative estimate of drug-likeness (QED) is 0.793. The second-order valence-corrected chi connectivity index (χ2v) is 6.83. The van der Waals surface area contributed by atoms with Crippen LogP contribution in [-0.2, 0) is 0 Å². The average molecular weight is 226 g/mol. The molecule has 0 aromatic carbocycles. The zero-order chi connectivity index (χ0) is 12.3. The fourth-order valence-corrected chi connectivity index (χ4v) is 3.02. The Morgan fingerprint density at radius 3 is 2.44 bits per heavy atom. The first kappa shape index (κ1) is 14.0. The van der Waals surface area contributed by atoms with E-state index in [1.54, 1.807) is 0 Å². The highest BCUT2D eigenvalue weighted by Crippen LogP contribution is 2.38. The van der Waals surface area contributed by atoms with Crippen molar-refractivity contribution >= 4 is 0 Å². The fourth-order valence-electron chi connectivity index (χ4n) is 3.02. The third kappa shape index (κ3) is 4.42. The van der Waals surface area contributed by atoms with Crippen LogP contribution in [0.4, 0.5) is 0 Å². The molecule has 2 heteroatoms. The number of hydrogen-bond donors (Lipinski definition) is 1. The van der Waals surface area contributed by atoms with Crippen molar-refractivity contribution in [3.05, 3.63) is 0 Å². The Balaban J connectivity index is 2.37. The van der Waals surface area contributed by atoms with Crippen molar-refractivity contribution in [2.75, 3.05) is 20.6 Å². The van der Waals surface area contributed by atoms with Gasteiger partial charge < -0.3 is 10.2 Å². The van der Waals surface area contributed by atoms with Crippen LogP contribution in [0.15, 0.2) is 0 Å². The molecule has 3 atom stereocenters. The molecule has 96 valence electrons. The molecule has 0 aromatic rings. The molecule has 0 heterocycles. The summed E-state index contributed by atoms with van der Waals surface area (Å²) in [4.78, 5) is 2.28. The highest BCUT2D eigenvalue weighted by Gasteiger charge is 2.31. The van der Waals surface area contributed by atoms with Gasteiger partial charge in [0.15, 0.2) is 0 Å². The highest BCUT2D eigenvalue weighted by atomic mass is 15.1. The van der Waals surface area contributed by atoms with Crippen LogP contribution in [0.2, 0.25) is 0 Å². The van der Waals surface area contributed by atoms with Gasteiger partial charge in [-0.25, -0.2) is 0 Å². The molecular weight excluding hydrogens is 196 g/mol. The Hall–Kier alpha value is -0.0800. The zero-order valence-electron chi connectivity index (χ0n) is 12.0. The van der Waals surface area contributed by atoms with Crippen LogP contribution in [-0.4, -0.2) is 37.6 Å². The van der Waals surface area contributed by atoms with E-state index >= 15 is 0 Å². The van der Waals surface area contributed by atoms with Gasteiger partial charge in [-0.2, -0.15) is 0 Å². The van der Waals surface area contributed by atoms with Crippen molar-refractivity contribution in [1.82, 2.24) is 10.2 Å². The minimum atomic E-state index is 0.524. The Morgan fingerprint density at radius 1 is 1.31 bits per heavy atom. The molecule has 0 bridgehead atoms. The number of rotatable bonds is 4. The van der Waals surface area contributed by atoms with Gasteiger partial charge in [0.1, 0.15) is 0 Å². The summed E-state index contributed by atoms with van der Waals surface area (Å²) in [5.74, 6) is 0.871. The Morgan fingerprint density at radius 2 is 1.94 bits per heavy atom. The monoisotopic (exact) mass is 226 g/mol. The molecule has 0 spiro atoms. The van der Waals surface area contributed by atoms with E-state index < -0.39 is 0 Å². The maximum atomic E-state index is 3.75. The van der Waals surface area contributed by atoms with Crippen molar-refractivity contribution < 1.29 is 0 Å². The second kappa shape index (κ2) is 5.50. The van der Waals surface area contributed by atoms with Crippen molar-refractivity contribution in [2.45, 2.75) is 59.0 Å². The van der Waals surface area contributed by atoms with Crippen LogP contribution in [0, 0.1) is 11.3 Å². The fraction of sp³-hybridized carbons (Fsp3) is 1.00. The largest absolute Gasteiger partial charge is 0.312 e. The van der Waals surface area contributed by atoms with Gasteiger partial charge in [-0.05, 0) is 51.6 Å². The van der Waals surface area contributed by atoms with Gasteiger partial charge >= 0.3 is 0 Å². The summed E-state index contributed by atoms with van der Waals surface area (Å²) in [6, 6.07) is 1.35. The van der Waals surface area contributed by atoms with E-state index in [1.165, 1.54) is 19.3 Å². The van der Waals surface area contributed by atoms with E-state index in [2.05, 4.69) is 52.0 Å². The first-order chi connectivity index (χ1) is 7.30. The van der Waals surface area contributed by atoms with Crippen LogP contribution >= 0.6 is 0 Å². The lowest BCUT2D eigenvalue weighted by Crippen LogP contribution is -2.45. The Kier molecular flexibility index (Phi) is 4.81. The van der Waals surface area contributed by atoms with E-state index in [-0.39, 0.29) is 0 Å². The summed E-state index contributed by atoms with van der Waals surface area (Å²) in [7, 11) is 4.31. The van der Waals surface area contributed by atoms with Gasteiger partial charge in [0.2, 0.25) is 0 Å². The third-order valence-electron chi connectivity index (χ3n) is 3.97. The summed E-state index contributed by atoms with van der Waals surface area (Å²) in [6.07, 6.45) is 4.06. The van der Waals surface area contributed by atoms with Crippen LogP contribution in [0.25, 0.3) is 0 Å². The number of nitrogens with one attached hydrogen (secondary N) is 1. The Labute approximate surface area is 102 Å². The number of hydrogen-bond acceptors (Lipinski definition) is 2. The molecule has 1 aliphatic carbocycles. The minimum Gasteiger partial charge on any atom is -0.312 e. The summed E-state index contributed by atoms with van der Waals surface area (Å²) in [5.41, 5.74) is 0.524. The van der Waals surface area contributed by atoms with Crippen LogP contribution in [0.3, 0.4) is 0 Å². The van der Waals surface area contributed by atoms with Crippen LogP contribution in [0.1, 0.15) is 47.0 Å². The first-order valence-electron chi connectivity index (χ1n) is 6.70. The lowest BCUT2D eigenvalue weighted by atomic mass is 9.70. The summed E-state index contributed by atoms with van der Waals surface area (Å²) < 4.78 is 0. The van der Waals surface area contributed by atoms with E-state index in [4.69, 9.17) is 0 Å². The highest BCUT2D eigenvalue weighted by molar-refractivity contribution is 4.87. The minimum absolute atomic E-state index is 0.524. The smallest absolute Gasteiger partial charge is 0.0186 e. The van der Waals surface area contributed by atoms with Crippen molar-refractivity contribution in [2.24, 2.45) is 11.3 Å². The standard InChI is InChI=1S/C14H30N2/c1-11-7-13(9-14(3,4)8-11)15-10-12(2)16(5)6/h11-13,15H,7-10H2,1-6H3. The molecule has 0 aliphatic heterocycles. The molecule has 1 saturated carbocycles. The molecule has 0 saturated heterocycles. The molecule has 0 amide bonds. The first-order valence-corrected chi connectivity index (χ1v) is 6.70. The summed E-state index contributed by atoms with van der Waals surface area (Å²) in [5, 5.41) is 3.75. The number of likely N-dealkylation sites (N-methyl/N-ethyl adjacent to an activating group) is 1. The molecule has 3 unspecified atom stereocenters. The van der Waals surface area contributed by atoms with E-state index in [0.29, 0.717) is 11.5 Å². The van der Waals surface area contributed by atoms with E-state index in [1.807, 2.05) is 0 Å². The molecule has 1 aliphatic rings. The molecule has 1 rings (SSSR count). The van der Waals surface area contributed by atoms with E-state index in [9.17, 15) is 0 Å². The molecule has 0 radical (unpaired) electrons. The molecule has 0 aromatic heterocycles. The molecular formula is C14H30N2. The summed E-state index contributed by atoms with van der Waals surface area (Å²) in [6.45, 7) is 10.6.